The minimum Gasteiger partial charge on any atom is -0.309 e. The molecule has 1 nitrogen and oxygen atoms in total. The zero-order valence-corrected chi connectivity index (χ0v) is 34.8. The number of hydrogen-bond donors (Lipinski definition) is 0. The van der Waals surface area contributed by atoms with E-state index in [2.05, 4.69) is 266 Å². The van der Waals surface area contributed by atoms with Crippen molar-refractivity contribution in [3.8, 4) is 66.8 Å². The molecule has 0 aromatic heterocycles. The van der Waals surface area contributed by atoms with Gasteiger partial charge in [-0.3, -0.25) is 0 Å². The van der Waals surface area contributed by atoms with Crippen LogP contribution in [0, 0.1) is 0 Å². The van der Waals surface area contributed by atoms with Crippen LogP contribution in [0.4, 0.5) is 17.1 Å². The molecule has 11 aromatic carbocycles. The highest BCUT2D eigenvalue weighted by atomic mass is 15.1. The Bertz CT molecular complexity index is 3360. The predicted molar refractivity (Wildman–Crippen MR) is 269 cm³/mol. The lowest BCUT2D eigenvalue weighted by atomic mass is 9.84. The van der Waals surface area contributed by atoms with Crippen LogP contribution < -0.4 is 4.90 Å². The lowest BCUT2D eigenvalue weighted by Gasteiger charge is -2.32. The van der Waals surface area contributed by atoms with Crippen LogP contribution in [0.2, 0.25) is 0 Å². The number of para-hydroxylation sites is 2. The zero-order chi connectivity index (χ0) is 42.0. The molecule has 0 atom stereocenters. The summed E-state index contributed by atoms with van der Waals surface area (Å²) in [6.45, 7) is 0. The normalized spacial score (nSPS) is 11.2. The van der Waals surface area contributed by atoms with E-state index in [0.717, 1.165) is 50.4 Å². The summed E-state index contributed by atoms with van der Waals surface area (Å²) in [5, 5.41) is 4.95. The largest absolute Gasteiger partial charge is 0.309 e. The lowest BCUT2D eigenvalue weighted by molar-refractivity contribution is 1.28. The van der Waals surface area contributed by atoms with Crippen molar-refractivity contribution in [1.82, 2.24) is 0 Å². The SMILES string of the molecule is c1ccc(-c2ccc(N(c3ccccc3-c3ccccc3)c3ccccc3-c3ccc4c(c3)c(-c3ccccc3)c(-c3ccccc3)c3ccccc34)c(-c3ccccc3)c2)cc1. The first kappa shape index (κ1) is 37.7. The van der Waals surface area contributed by atoms with Crippen LogP contribution in [0.15, 0.2) is 261 Å². The maximum absolute atomic E-state index is 2.49. The summed E-state index contributed by atoms with van der Waals surface area (Å²) < 4.78 is 0. The maximum Gasteiger partial charge on any atom is 0.0540 e. The fourth-order valence-corrected chi connectivity index (χ4v) is 9.39. The highest BCUT2D eigenvalue weighted by Gasteiger charge is 2.25. The average molecular weight is 802 g/mol. The fourth-order valence-electron chi connectivity index (χ4n) is 9.39. The lowest BCUT2D eigenvalue weighted by Crippen LogP contribution is -2.13. The molecule has 0 aliphatic rings. The summed E-state index contributed by atoms with van der Waals surface area (Å²) in [7, 11) is 0. The third-order valence-electron chi connectivity index (χ3n) is 12.3. The molecule has 0 aliphatic carbocycles. The molecule has 0 N–H and O–H groups in total. The molecular weight excluding hydrogens is 759 g/mol. The van der Waals surface area contributed by atoms with Gasteiger partial charge in [0, 0.05) is 16.7 Å². The number of rotatable bonds is 9. The standard InChI is InChI=1S/C62H43N/c1-6-22-44(23-7-1)49-39-41-60(56(42-49)46-26-10-3-11-27-46)63(58-36-20-18-32-51(58)45-24-8-2-9-25-45)59-37-21-19-33-52(59)50-38-40-54-53-34-16-17-35-55(53)61(47-28-12-4-13-29-47)62(57(54)43-50)48-30-14-5-15-31-48/h1-43H. The van der Waals surface area contributed by atoms with E-state index in [1.165, 1.54) is 54.9 Å². The van der Waals surface area contributed by atoms with Crippen molar-refractivity contribution in [2.75, 3.05) is 4.90 Å². The molecule has 296 valence electrons. The van der Waals surface area contributed by atoms with Gasteiger partial charge in [0.1, 0.15) is 0 Å². The first-order valence-corrected chi connectivity index (χ1v) is 21.7. The topological polar surface area (TPSA) is 3.24 Å². The van der Waals surface area contributed by atoms with Crippen molar-refractivity contribution >= 4 is 38.6 Å². The summed E-state index contributed by atoms with van der Waals surface area (Å²) in [6, 6.07) is 94.8. The highest BCUT2D eigenvalue weighted by molar-refractivity contribution is 6.22. The number of fused-ring (bicyclic) bond motifs is 3. The molecule has 0 fully saturated rings. The summed E-state index contributed by atoms with van der Waals surface area (Å²) in [4.78, 5) is 2.49. The molecule has 63 heavy (non-hydrogen) atoms. The average Bonchev–Trinajstić information content (AvgIpc) is 3.37. The van der Waals surface area contributed by atoms with Gasteiger partial charge in [-0.25, -0.2) is 0 Å². The van der Waals surface area contributed by atoms with Crippen LogP contribution in [0.1, 0.15) is 0 Å². The fraction of sp³-hybridized carbons (Fsp3) is 0. The number of hydrogen-bond acceptors (Lipinski definition) is 1. The molecule has 0 amide bonds. The molecule has 0 saturated carbocycles. The molecule has 1 heteroatoms. The minimum atomic E-state index is 1.09. The van der Waals surface area contributed by atoms with Crippen LogP contribution in [0.25, 0.3) is 88.3 Å². The molecule has 0 bridgehead atoms. The third kappa shape index (κ3) is 7.06. The number of anilines is 3. The quantitative estimate of drug-likeness (QED) is 0.131. The molecule has 0 heterocycles. The second kappa shape index (κ2) is 16.7. The highest BCUT2D eigenvalue weighted by Crippen LogP contribution is 2.50. The number of benzene rings is 11. The van der Waals surface area contributed by atoms with Crippen molar-refractivity contribution in [1.29, 1.82) is 0 Å². The summed E-state index contributed by atoms with van der Waals surface area (Å²) in [5.74, 6) is 0. The second-order valence-electron chi connectivity index (χ2n) is 16.0. The van der Waals surface area contributed by atoms with Crippen LogP contribution in [0.3, 0.4) is 0 Å². The second-order valence-corrected chi connectivity index (χ2v) is 16.0. The van der Waals surface area contributed by atoms with Gasteiger partial charge in [-0.15, -0.1) is 0 Å². The smallest absolute Gasteiger partial charge is 0.0540 e. The molecule has 0 radical (unpaired) electrons. The van der Waals surface area contributed by atoms with Gasteiger partial charge in [-0.2, -0.15) is 0 Å². The Morgan fingerprint density at radius 2 is 0.571 bits per heavy atom. The van der Waals surface area contributed by atoms with E-state index in [9.17, 15) is 0 Å². The third-order valence-corrected chi connectivity index (χ3v) is 12.3. The van der Waals surface area contributed by atoms with Gasteiger partial charge < -0.3 is 4.90 Å². The molecular formula is C62H43N. The van der Waals surface area contributed by atoms with Crippen molar-refractivity contribution < 1.29 is 0 Å². The van der Waals surface area contributed by atoms with Crippen LogP contribution in [-0.2, 0) is 0 Å². The summed E-state index contributed by atoms with van der Waals surface area (Å²) in [5.41, 5.74) is 17.5. The van der Waals surface area contributed by atoms with E-state index in [1.807, 2.05) is 0 Å². The Hall–Kier alpha value is -8.26. The van der Waals surface area contributed by atoms with Crippen LogP contribution in [0.5, 0.6) is 0 Å². The Kier molecular flexibility index (Phi) is 9.97. The van der Waals surface area contributed by atoms with E-state index >= 15 is 0 Å². The van der Waals surface area contributed by atoms with Crippen LogP contribution >= 0.6 is 0 Å². The molecule has 11 aromatic rings. The monoisotopic (exact) mass is 801 g/mol. The van der Waals surface area contributed by atoms with Gasteiger partial charge in [-0.1, -0.05) is 231 Å². The zero-order valence-electron chi connectivity index (χ0n) is 34.8. The predicted octanol–water partition coefficient (Wildman–Crippen LogP) is 17.5. The van der Waals surface area contributed by atoms with Crippen molar-refractivity contribution in [2.45, 2.75) is 0 Å². The van der Waals surface area contributed by atoms with Gasteiger partial charge in [0.25, 0.3) is 0 Å². The minimum absolute atomic E-state index is 1.09. The van der Waals surface area contributed by atoms with Crippen molar-refractivity contribution in [2.24, 2.45) is 0 Å². The van der Waals surface area contributed by atoms with Gasteiger partial charge in [0.2, 0.25) is 0 Å². The molecule has 11 rings (SSSR count). The Balaban J connectivity index is 1.21. The van der Waals surface area contributed by atoms with Gasteiger partial charge >= 0.3 is 0 Å². The molecule has 0 saturated heterocycles. The Labute approximate surface area is 369 Å². The maximum atomic E-state index is 2.49. The van der Waals surface area contributed by atoms with Crippen LogP contribution in [-0.4, -0.2) is 0 Å². The van der Waals surface area contributed by atoms with E-state index in [-0.39, 0.29) is 0 Å². The summed E-state index contributed by atoms with van der Waals surface area (Å²) in [6.07, 6.45) is 0. The van der Waals surface area contributed by atoms with E-state index in [0.29, 0.717) is 0 Å². The van der Waals surface area contributed by atoms with Gasteiger partial charge in [-0.05, 0) is 102 Å². The summed E-state index contributed by atoms with van der Waals surface area (Å²) >= 11 is 0. The number of nitrogens with zero attached hydrogens (tertiary/aromatic N) is 1. The first-order chi connectivity index (χ1) is 31.3. The molecule has 0 aliphatic heterocycles. The van der Waals surface area contributed by atoms with E-state index in [1.54, 1.807) is 0 Å². The molecule has 0 unspecified atom stereocenters. The van der Waals surface area contributed by atoms with E-state index < -0.39 is 0 Å². The van der Waals surface area contributed by atoms with E-state index in [4.69, 9.17) is 0 Å². The first-order valence-electron chi connectivity index (χ1n) is 21.7. The van der Waals surface area contributed by atoms with Gasteiger partial charge in [0.05, 0.1) is 17.1 Å². The van der Waals surface area contributed by atoms with Crippen molar-refractivity contribution in [3.63, 3.8) is 0 Å². The molecule has 0 spiro atoms. The van der Waals surface area contributed by atoms with Crippen molar-refractivity contribution in [3.05, 3.63) is 261 Å². The Morgan fingerprint density at radius 3 is 1.14 bits per heavy atom. The Morgan fingerprint density at radius 1 is 0.190 bits per heavy atom. The van der Waals surface area contributed by atoms with Gasteiger partial charge in [0.15, 0.2) is 0 Å².